The van der Waals surface area contributed by atoms with E-state index in [0.717, 1.165) is 6.07 Å². The van der Waals surface area contributed by atoms with Crippen molar-refractivity contribution in [2.75, 3.05) is 19.2 Å². The van der Waals surface area contributed by atoms with Crippen LogP contribution in [0.5, 0.6) is 5.75 Å². The summed E-state index contributed by atoms with van der Waals surface area (Å²) in [6.07, 6.45) is 0. The molecule has 1 amide bonds. The predicted molar refractivity (Wildman–Crippen MR) is 103 cm³/mol. The van der Waals surface area contributed by atoms with Crippen LogP contribution in [0.3, 0.4) is 0 Å². The number of anilines is 1. The van der Waals surface area contributed by atoms with E-state index >= 15 is 0 Å². The number of hydrogen-bond donors (Lipinski definition) is 1. The maximum atomic E-state index is 14.3. The number of benzene rings is 2. The highest BCUT2D eigenvalue weighted by molar-refractivity contribution is 6.04. The minimum Gasteiger partial charge on any atom is -0.465 e. The Bertz CT molecular complexity index is 902. The highest BCUT2D eigenvalue weighted by Gasteiger charge is 2.23. The SMILES string of the molecule is COC(=O)c1ccc(NC(=O)c2ccc(OCOC(=O)C(C)(C)C)cc2F)cc1. The second-order valence-corrected chi connectivity index (χ2v) is 7.11. The lowest BCUT2D eigenvalue weighted by molar-refractivity contribution is -0.159. The van der Waals surface area contributed by atoms with Gasteiger partial charge in [-0.15, -0.1) is 0 Å². The molecule has 0 aromatic heterocycles. The molecule has 0 heterocycles. The Morgan fingerprint density at radius 1 is 1.03 bits per heavy atom. The maximum Gasteiger partial charge on any atom is 0.337 e. The first-order chi connectivity index (χ1) is 13.6. The van der Waals surface area contributed by atoms with E-state index in [-0.39, 0.29) is 18.1 Å². The molecule has 2 aromatic rings. The number of nitrogens with one attached hydrogen (secondary N) is 1. The normalized spacial score (nSPS) is 10.8. The van der Waals surface area contributed by atoms with Crippen LogP contribution in [0.25, 0.3) is 0 Å². The maximum absolute atomic E-state index is 14.3. The van der Waals surface area contributed by atoms with Crippen LogP contribution in [-0.4, -0.2) is 31.7 Å². The van der Waals surface area contributed by atoms with Gasteiger partial charge >= 0.3 is 11.9 Å². The summed E-state index contributed by atoms with van der Waals surface area (Å²) in [4.78, 5) is 35.3. The second kappa shape index (κ2) is 9.18. The van der Waals surface area contributed by atoms with Crippen LogP contribution in [0.15, 0.2) is 42.5 Å². The molecule has 0 radical (unpaired) electrons. The highest BCUT2D eigenvalue weighted by Crippen LogP contribution is 2.20. The Kier molecular flexibility index (Phi) is 6.93. The van der Waals surface area contributed by atoms with Crippen molar-refractivity contribution in [2.45, 2.75) is 20.8 Å². The van der Waals surface area contributed by atoms with E-state index in [1.807, 2.05) is 0 Å². The number of methoxy groups -OCH3 is 1. The van der Waals surface area contributed by atoms with E-state index in [1.54, 1.807) is 20.8 Å². The zero-order chi connectivity index (χ0) is 21.6. The van der Waals surface area contributed by atoms with Gasteiger partial charge in [0.15, 0.2) is 0 Å². The van der Waals surface area contributed by atoms with Crippen molar-refractivity contribution in [3.05, 3.63) is 59.4 Å². The van der Waals surface area contributed by atoms with Crippen molar-refractivity contribution in [1.82, 2.24) is 0 Å². The summed E-state index contributed by atoms with van der Waals surface area (Å²) in [7, 11) is 1.27. The van der Waals surface area contributed by atoms with Gasteiger partial charge in [-0.3, -0.25) is 9.59 Å². The lowest BCUT2D eigenvalue weighted by Gasteiger charge is -2.16. The van der Waals surface area contributed by atoms with Gasteiger partial charge in [-0.05, 0) is 57.2 Å². The van der Waals surface area contributed by atoms with E-state index in [4.69, 9.17) is 9.47 Å². The molecule has 0 aliphatic rings. The Morgan fingerprint density at radius 3 is 2.24 bits per heavy atom. The molecule has 0 saturated heterocycles. The van der Waals surface area contributed by atoms with Crippen molar-refractivity contribution in [2.24, 2.45) is 5.41 Å². The van der Waals surface area contributed by atoms with Gasteiger partial charge in [0.25, 0.3) is 5.91 Å². The average molecular weight is 403 g/mol. The molecule has 1 N–H and O–H groups in total. The fraction of sp³-hybridized carbons (Fsp3) is 0.286. The minimum atomic E-state index is -0.798. The van der Waals surface area contributed by atoms with Gasteiger partial charge in [-0.25, -0.2) is 9.18 Å². The van der Waals surface area contributed by atoms with Gasteiger partial charge in [0, 0.05) is 11.8 Å². The summed E-state index contributed by atoms with van der Waals surface area (Å²) >= 11 is 0. The molecule has 7 nitrogen and oxygen atoms in total. The van der Waals surface area contributed by atoms with Crippen molar-refractivity contribution in [3.8, 4) is 5.75 Å². The molecule has 0 spiro atoms. The fourth-order valence-corrected chi connectivity index (χ4v) is 2.14. The van der Waals surface area contributed by atoms with E-state index in [0.29, 0.717) is 11.3 Å². The van der Waals surface area contributed by atoms with Crippen molar-refractivity contribution in [3.63, 3.8) is 0 Å². The largest absolute Gasteiger partial charge is 0.465 e. The van der Waals surface area contributed by atoms with E-state index in [9.17, 15) is 18.8 Å². The second-order valence-electron chi connectivity index (χ2n) is 7.11. The van der Waals surface area contributed by atoms with Crippen molar-refractivity contribution in [1.29, 1.82) is 0 Å². The van der Waals surface area contributed by atoms with Crippen LogP contribution in [0.4, 0.5) is 10.1 Å². The Labute approximate surface area is 167 Å². The van der Waals surface area contributed by atoms with Gasteiger partial charge in [0.2, 0.25) is 6.79 Å². The molecule has 0 aliphatic carbocycles. The summed E-state index contributed by atoms with van der Waals surface area (Å²) < 4.78 is 29.0. The lowest BCUT2D eigenvalue weighted by Crippen LogP contribution is -2.24. The molecule has 29 heavy (non-hydrogen) atoms. The van der Waals surface area contributed by atoms with Crippen LogP contribution in [0.1, 0.15) is 41.5 Å². The molecule has 0 atom stereocenters. The quantitative estimate of drug-likeness (QED) is 0.583. The minimum absolute atomic E-state index is 0.114. The topological polar surface area (TPSA) is 90.9 Å². The van der Waals surface area contributed by atoms with Gasteiger partial charge in [-0.1, -0.05) is 0 Å². The molecule has 0 fully saturated rings. The molecule has 154 valence electrons. The number of amides is 1. The van der Waals surface area contributed by atoms with E-state index in [1.165, 1.54) is 43.5 Å². The van der Waals surface area contributed by atoms with Crippen LogP contribution < -0.4 is 10.1 Å². The zero-order valence-corrected chi connectivity index (χ0v) is 16.6. The first kappa shape index (κ1) is 21.9. The first-order valence-electron chi connectivity index (χ1n) is 8.71. The van der Waals surface area contributed by atoms with Crippen LogP contribution in [-0.2, 0) is 14.3 Å². The zero-order valence-electron chi connectivity index (χ0n) is 16.6. The lowest BCUT2D eigenvalue weighted by atomic mass is 9.98. The number of hydrogen-bond acceptors (Lipinski definition) is 6. The Hall–Kier alpha value is -3.42. The molecular formula is C21H22FNO6. The number of carbonyl (C=O) groups excluding carboxylic acids is 3. The molecule has 8 heteroatoms. The molecule has 0 unspecified atom stereocenters. The standard InChI is InChI=1S/C21H22FNO6/c1-21(2,3)20(26)29-12-28-15-9-10-16(17(22)11-15)18(24)23-14-7-5-13(6-8-14)19(25)27-4/h5-11H,12H2,1-4H3,(H,23,24). The number of carbonyl (C=O) groups is 3. The summed E-state index contributed by atoms with van der Waals surface area (Å²) in [5.74, 6) is -2.31. The summed E-state index contributed by atoms with van der Waals surface area (Å²) in [5, 5.41) is 2.54. The van der Waals surface area contributed by atoms with Crippen molar-refractivity contribution < 1.29 is 33.0 Å². The summed E-state index contributed by atoms with van der Waals surface area (Å²) in [5.41, 5.74) is -0.158. The Balaban J connectivity index is 1.98. The summed E-state index contributed by atoms with van der Waals surface area (Å²) in [6, 6.07) is 9.64. The average Bonchev–Trinajstić information content (AvgIpc) is 2.67. The molecule has 0 saturated carbocycles. The van der Waals surface area contributed by atoms with Gasteiger partial charge in [0.1, 0.15) is 11.6 Å². The van der Waals surface area contributed by atoms with Crippen LogP contribution in [0, 0.1) is 11.2 Å². The third-order valence-corrected chi connectivity index (χ3v) is 3.78. The number of esters is 2. The number of halogens is 1. The van der Waals surface area contributed by atoms with Crippen LogP contribution in [0.2, 0.25) is 0 Å². The van der Waals surface area contributed by atoms with Gasteiger partial charge < -0.3 is 19.5 Å². The number of ether oxygens (including phenoxy) is 3. The van der Waals surface area contributed by atoms with Crippen molar-refractivity contribution >= 4 is 23.5 Å². The van der Waals surface area contributed by atoms with Gasteiger partial charge in [-0.2, -0.15) is 0 Å². The Morgan fingerprint density at radius 2 is 1.69 bits per heavy atom. The summed E-state index contributed by atoms with van der Waals surface area (Å²) in [6.45, 7) is 4.73. The monoisotopic (exact) mass is 403 g/mol. The van der Waals surface area contributed by atoms with Crippen LogP contribution >= 0.6 is 0 Å². The third-order valence-electron chi connectivity index (χ3n) is 3.78. The van der Waals surface area contributed by atoms with E-state index < -0.39 is 29.1 Å². The molecule has 0 aliphatic heterocycles. The fourth-order valence-electron chi connectivity index (χ4n) is 2.14. The van der Waals surface area contributed by atoms with E-state index in [2.05, 4.69) is 10.1 Å². The molecule has 2 aromatic carbocycles. The smallest absolute Gasteiger partial charge is 0.337 e. The predicted octanol–water partition coefficient (Wildman–Crippen LogP) is 3.79. The number of rotatable bonds is 6. The highest BCUT2D eigenvalue weighted by atomic mass is 19.1. The third kappa shape index (κ3) is 6.03. The van der Waals surface area contributed by atoms with Gasteiger partial charge in [0.05, 0.1) is 23.7 Å². The molecule has 2 rings (SSSR count). The molecule has 0 bridgehead atoms. The first-order valence-corrected chi connectivity index (χ1v) is 8.71. The molecular weight excluding hydrogens is 381 g/mol.